The monoisotopic (exact) mass is 435 g/mol. The highest BCUT2D eigenvalue weighted by molar-refractivity contribution is 5.79. The van der Waals surface area contributed by atoms with Crippen molar-refractivity contribution in [1.82, 2.24) is 19.8 Å². The number of amides is 1. The Morgan fingerprint density at radius 1 is 1.00 bits per heavy atom. The fourth-order valence-electron chi connectivity index (χ4n) is 4.94. The predicted octanol–water partition coefficient (Wildman–Crippen LogP) is 3.40. The van der Waals surface area contributed by atoms with Crippen molar-refractivity contribution in [2.75, 3.05) is 44.7 Å². The molecule has 1 amide bonds. The molecule has 1 saturated carbocycles. The van der Waals surface area contributed by atoms with Gasteiger partial charge in [0, 0.05) is 45.1 Å². The van der Waals surface area contributed by atoms with Crippen molar-refractivity contribution >= 4 is 11.9 Å². The van der Waals surface area contributed by atoms with Gasteiger partial charge in [0.25, 0.3) is 0 Å². The minimum Gasteiger partial charge on any atom is -0.438 e. The van der Waals surface area contributed by atoms with Crippen LogP contribution in [0.5, 0.6) is 11.6 Å². The van der Waals surface area contributed by atoms with Gasteiger partial charge in [0.15, 0.2) is 0 Å². The molecular weight excluding hydrogens is 402 g/mol. The summed E-state index contributed by atoms with van der Waals surface area (Å²) >= 11 is 0. The maximum atomic E-state index is 13.1. The minimum absolute atomic E-state index is 0.184. The summed E-state index contributed by atoms with van der Waals surface area (Å²) in [5, 5.41) is 0. The van der Waals surface area contributed by atoms with Crippen LogP contribution < -0.4 is 9.64 Å². The largest absolute Gasteiger partial charge is 0.438 e. The molecule has 3 heterocycles. The maximum Gasteiger partial charge on any atom is 0.229 e. The Kier molecular flexibility index (Phi) is 6.00. The average Bonchev–Trinajstić information content (AvgIpc) is 3.35. The highest BCUT2D eigenvalue weighted by Gasteiger charge is 2.32. The van der Waals surface area contributed by atoms with Crippen LogP contribution in [0.4, 0.5) is 5.95 Å². The summed E-state index contributed by atoms with van der Waals surface area (Å²) in [5.41, 5.74) is 3.17. The van der Waals surface area contributed by atoms with E-state index in [1.807, 2.05) is 29.2 Å². The number of fused-ring (bicyclic) bond motifs is 1. The van der Waals surface area contributed by atoms with Gasteiger partial charge in [-0.15, -0.1) is 0 Å². The molecule has 0 unspecified atom stereocenters. The number of piperazine rings is 1. The van der Waals surface area contributed by atoms with E-state index in [-0.39, 0.29) is 11.8 Å². The van der Waals surface area contributed by atoms with Crippen LogP contribution in [0.2, 0.25) is 0 Å². The summed E-state index contributed by atoms with van der Waals surface area (Å²) in [5.74, 6) is 2.58. The summed E-state index contributed by atoms with van der Waals surface area (Å²) < 4.78 is 6.31. The molecule has 3 aliphatic rings. The van der Waals surface area contributed by atoms with Gasteiger partial charge in [-0.05, 0) is 38.9 Å². The molecule has 170 valence electrons. The SMILES string of the molecule is Cc1ccc(Oc2nc(N3CCN(C)CC3)nc3c2CN(C(=O)C2CCCC2)CC3)cc1. The third-order valence-corrected chi connectivity index (χ3v) is 7.05. The molecule has 2 aromatic rings. The molecule has 1 aromatic heterocycles. The van der Waals surface area contributed by atoms with Crippen LogP contribution in [0.1, 0.15) is 42.5 Å². The van der Waals surface area contributed by atoms with E-state index in [0.717, 1.165) is 74.9 Å². The van der Waals surface area contributed by atoms with Crippen LogP contribution in [0.25, 0.3) is 0 Å². The van der Waals surface area contributed by atoms with E-state index in [1.54, 1.807) is 0 Å². The van der Waals surface area contributed by atoms with E-state index < -0.39 is 0 Å². The number of carbonyl (C=O) groups excluding carboxylic acids is 1. The van der Waals surface area contributed by atoms with Gasteiger partial charge in [-0.2, -0.15) is 4.98 Å². The highest BCUT2D eigenvalue weighted by atomic mass is 16.5. The van der Waals surface area contributed by atoms with Gasteiger partial charge in [0.2, 0.25) is 17.7 Å². The smallest absolute Gasteiger partial charge is 0.229 e. The first-order valence-electron chi connectivity index (χ1n) is 11.9. The zero-order valence-corrected chi connectivity index (χ0v) is 19.2. The molecule has 2 fully saturated rings. The highest BCUT2D eigenvalue weighted by Crippen LogP contribution is 2.34. The lowest BCUT2D eigenvalue weighted by Crippen LogP contribution is -2.45. The number of carbonyl (C=O) groups is 1. The zero-order valence-electron chi connectivity index (χ0n) is 19.2. The number of nitrogens with zero attached hydrogens (tertiary/aromatic N) is 5. The van der Waals surface area contributed by atoms with Crippen molar-refractivity contribution in [3.63, 3.8) is 0 Å². The average molecular weight is 436 g/mol. The Morgan fingerprint density at radius 3 is 2.44 bits per heavy atom. The first-order chi connectivity index (χ1) is 15.6. The van der Waals surface area contributed by atoms with Crippen molar-refractivity contribution in [2.45, 2.75) is 45.6 Å². The van der Waals surface area contributed by atoms with Crippen molar-refractivity contribution in [3.8, 4) is 11.6 Å². The van der Waals surface area contributed by atoms with E-state index >= 15 is 0 Å². The van der Waals surface area contributed by atoms with Gasteiger partial charge < -0.3 is 19.4 Å². The molecular formula is C25H33N5O2. The Balaban J connectivity index is 1.45. The lowest BCUT2D eigenvalue weighted by atomic mass is 10.0. The second-order valence-corrected chi connectivity index (χ2v) is 9.45. The van der Waals surface area contributed by atoms with Gasteiger partial charge in [-0.3, -0.25) is 4.79 Å². The summed E-state index contributed by atoms with van der Waals surface area (Å²) in [6.07, 6.45) is 5.13. The second-order valence-electron chi connectivity index (χ2n) is 9.45. The maximum absolute atomic E-state index is 13.1. The van der Waals surface area contributed by atoms with E-state index in [4.69, 9.17) is 14.7 Å². The van der Waals surface area contributed by atoms with Crippen LogP contribution in [0.15, 0.2) is 24.3 Å². The van der Waals surface area contributed by atoms with Crippen molar-refractivity contribution in [3.05, 3.63) is 41.1 Å². The summed E-state index contributed by atoms with van der Waals surface area (Å²) in [6.45, 7) is 7.14. The van der Waals surface area contributed by atoms with Crippen LogP contribution in [-0.4, -0.2) is 65.4 Å². The molecule has 0 spiro atoms. The number of ether oxygens (including phenoxy) is 1. The lowest BCUT2D eigenvalue weighted by Gasteiger charge is -2.34. The first-order valence-corrected chi connectivity index (χ1v) is 11.9. The van der Waals surface area contributed by atoms with Crippen LogP contribution >= 0.6 is 0 Å². The number of likely N-dealkylation sites (N-methyl/N-ethyl adjacent to an activating group) is 1. The summed E-state index contributed by atoms with van der Waals surface area (Å²) in [6, 6.07) is 8.04. The van der Waals surface area contributed by atoms with Gasteiger partial charge in [-0.25, -0.2) is 4.98 Å². The molecule has 0 atom stereocenters. The third-order valence-electron chi connectivity index (χ3n) is 7.05. The van der Waals surface area contributed by atoms with Gasteiger partial charge in [0.1, 0.15) is 5.75 Å². The molecule has 7 nitrogen and oxygen atoms in total. The van der Waals surface area contributed by atoms with E-state index in [9.17, 15) is 4.79 Å². The molecule has 0 radical (unpaired) electrons. The summed E-state index contributed by atoms with van der Waals surface area (Å²) in [7, 11) is 2.15. The van der Waals surface area contributed by atoms with Gasteiger partial charge in [0.05, 0.1) is 17.8 Å². The van der Waals surface area contributed by atoms with Crippen LogP contribution in [0.3, 0.4) is 0 Å². The molecule has 1 aliphatic carbocycles. The van der Waals surface area contributed by atoms with Crippen LogP contribution in [-0.2, 0) is 17.8 Å². The molecule has 32 heavy (non-hydrogen) atoms. The number of benzene rings is 1. The quantitative estimate of drug-likeness (QED) is 0.734. The molecule has 2 aliphatic heterocycles. The zero-order chi connectivity index (χ0) is 22.1. The molecule has 5 rings (SSSR count). The normalized spacial score (nSPS) is 19.8. The molecule has 0 N–H and O–H groups in total. The fourth-order valence-corrected chi connectivity index (χ4v) is 4.94. The lowest BCUT2D eigenvalue weighted by molar-refractivity contribution is -0.136. The van der Waals surface area contributed by atoms with Crippen LogP contribution in [0, 0.1) is 12.8 Å². The predicted molar refractivity (Wildman–Crippen MR) is 124 cm³/mol. The fraction of sp³-hybridized carbons (Fsp3) is 0.560. The number of aromatic nitrogens is 2. The Bertz CT molecular complexity index is 963. The minimum atomic E-state index is 0.184. The van der Waals surface area contributed by atoms with E-state index in [2.05, 4.69) is 23.8 Å². The van der Waals surface area contributed by atoms with Crippen molar-refractivity contribution in [1.29, 1.82) is 0 Å². The molecule has 1 saturated heterocycles. The topological polar surface area (TPSA) is 61.8 Å². The van der Waals surface area contributed by atoms with Gasteiger partial charge in [-0.1, -0.05) is 30.5 Å². The molecule has 0 bridgehead atoms. The Morgan fingerprint density at radius 2 is 1.72 bits per heavy atom. The van der Waals surface area contributed by atoms with E-state index in [1.165, 1.54) is 18.4 Å². The Hall–Kier alpha value is -2.67. The number of hydrogen-bond donors (Lipinski definition) is 0. The Labute approximate surface area is 190 Å². The standard InChI is InChI=1S/C25H33N5O2/c1-18-7-9-20(10-8-18)32-23-21-17-30(24(31)19-5-3-4-6-19)12-11-22(21)26-25(27-23)29-15-13-28(2)14-16-29/h7-10,19H,3-6,11-17H2,1-2H3. The molecule has 1 aromatic carbocycles. The summed E-state index contributed by atoms with van der Waals surface area (Å²) in [4.78, 5) is 29.5. The van der Waals surface area contributed by atoms with Crippen molar-refractivity contribution in [2.24, 2.45) is 5.92 Å². The second kappa shape index (κ2) is 9.06. The number of rotatable bonds is 4. The number of hydrogen-bond acceptors (Lipinski definition) is 6. The van der Waals surface area contributed by atoms with Gasteiger partial charge >= 0.3 is 0 Å². The number of anilines is 1. The number of aryl methyl sites for hydroxylation is 1. The molecule has 7 heteroatoms. The van der Waals surface area contributed by atoms with E-state index in [0.29, 0.717) is 12.4 Å². The first kappa shape index (κ1) is 21.2. The third kappa shape index (κ3) is 4.44. The van der Waals surface area contributed by atoms with Crippen molar-refractivity contribution < 1.29 is 9.53 Å².